The lowest BCUT2D eigenvalue weighted by Gasteiger charge is -2.21. The standard InChI is InChI=1S/C11H15N5O/c1-16(4-8-2-3-17-5-8)11-9-10(13-6-12-9)14-7-15-11/h6-8H,2-5H2,1H3,(H,12,13,14,15)/t8-/m1/s1. The molecule has 1 aliphatic heterocycles. The van der Waals surface area contributed by atoms with Gasteiger partial charge in [0.15, 0.2) is 11.5 Å². The molecule has 3 rings (SSSR count). The van der Waals surface area contributed by atoms with Gasteiger partial charge in [0.1, 0.15) is 11.8 Å². The Hall–Kier alpha value is -1.69. The highest BCUT2D eigenvalue weighted by Gasteiger charge is 2.19. The van der Waals surface area contributed by atoms with E-state index in [1.165, 1.54) is 0 Å². The lowest BCUT2D eigenvalue weighted by atomic mass is 10.1. The Kier molecular flexibility index (Phi) is 2.64. The van der Waals surface area contributed by atoms with Gasteiger partial charge in [0.2, 0.25) is 0 Å². The molecule has 1 N–H and O–H groups in total. The molecule has 1 aliphatic rings. The molecule has 1 fully saturated rings. The Balaban J connectivity index is 1.84. The molecule has 6 nitrogen and oxygen atoms in total. The van der Waals surface area contributed by atoms with E-state index in [0.717, 1.165) is 37.5 Å². The van der Waals surface area contributed by atoms with Crippen molar-refractivity contribution in [3.63, 3.8) is 0 Å². The number of aromatic nitrogens is 4. The average molecular weight is 233 g/mol. The molecule has 2 aromatic rings. The van der Waals surface area contributed by atoms with Crippen molar-refractivity contribution in [2.45, 2.75) is 6.42 Å². The molecule has 0 aromatic carbocycles. The normalized spacial score (nSPS) is 19.9. The van der Waals surface area contributed by atoms with Crippen LogP contribution in [0.15, 0.2) is 12.7 Å². The molecule has 0 bridgehead atoms. The summed E-state index contributed by atoms with van der Waals surface area (Å²) in [5, 5.41) is 0. The van der Waals surface area contributed by atoms with E-state index in [1.54, 1.807) is 12.7 Å². The second-order valence-corrected chi connectivity index (χ2v) is 4.41. The van der Waals surface area contributed by atoms with Gasteiger partial charge in [0.25, 0.3) is 0 Å². The first-order valence-electron chi connectivity index (χ1n) is 5.77. The van der Waals surface area contributed by atoms with Gasteiger partial charge in [-0.3, -0.25) is 0 Å². The maximum atomic E-state index is 5.39. The van der Waals surface area contributed by atoms with Gasteiger partial charge in [0.05, 0.1) is 12.9 Å². The van der Waals surface area contributed by atoms with Gasteiger partial charge in [-0.25, -0.2) is 15.0 Å². The zero-order valence-corrected chi connectivity index (χ0v) is 9.76. The Bertz CT molecular complexity index is 505. The molecule has 0 aliphatic carbocycles. The van der Waals surface area contributed by atoms with Crippen LogP contribution in [0.4, 0.5) is 5.82 Å². The third kappa shape index (κ3) is 1.95. The zero-order chi connectivity index (χ0) is 11.7. The molecule has 90 valence electrons. The van der Waals surface area contributed by atoms with E-state index in [9.17, 15) is 0 Å². The number of aromatic amines is 1. The van der Waals surface area contributed by atoms with E-state index in [-0.39, 0.29) is 0 Å². The first-order chi connectivity index (χ1) is 8.34. The van der Waals surface area contributed by atoms with Gasteiger partial charge in [-0.15, -0.1) is 0 Å². The van der Waals surface area contributed by atoms with E-state index >= 15 is 0 Å². The van der Waals surface area contributed by atoms with Crippen LogP contribution in [-0.2, 0) is 4.74 Å². The fourth-order valence-corrected chi connectivity index (χ4v) is 2.24. The number of nitrogens with zero attached hydrogens (tertiary/aromatic N) is 4. The lowest BCUT2D eigenvalue weighted by molar-refractivity contribution is 0.186. The molecule has 1 atom stereocenters. The van der Waals surface area contributed by atoms with Gasteiger partial charge in [-0.1, -0.05) is 0 Å². The number of ether oxygens (including phenoxy) is 1. The van der Waals surface area contributed by atoms with Crippen LogP contribution >= 0.6 is 0 Å². The van der Waals surface area contributed by atoms with Crippen LogP contribution in [0.1, 0.15) is 6.42 Å². The fraction of sp³-hybridized carbons (Fsp3) is 0.545. The summed E-state index contributed by atoms with van der Waals surface area (Å²) in [6.45, 7) is 2.68. The van der Waals surface area contributed by atoms with Crippen LogP contribution in [-0.4, -0.2) is 46.7 Å². The van der Waals surface area contributed by atoms with Crippen molar-refractivity contribution in [1.82, 2.24) is 19.9 Å². The summed E-state index contributed by atoms with van der Waals surface area (Å²) in [4.78, 5) is 17.8. The number of nitrogens with one attached hydrogen (secondary N) is 1. The molecule has 1 saturated heterocycles. The Morgan fingerprint density at radius 2 is 2.41 bits per heavy atom. The summed E-state index contributed by atoms with van der Waals surface area (Å²) < 4.78 is 5.39. The summed E-state index contributed by atoms with van der Waals surface area (Å²) >= 11 is 0. The maximum Gasteiger partial charge on any atom is 0.182 e. The first kappa shape index (κ1) is 10.5. The summed E-state index contributed by atoms with van der Waals surface area (Å²) in [7, 11) is 2.04. The quantitative estimate of drug-likeness (QED) is 0.850. The van der Waals surface area contributed by atoms with Gasteiger partial charge in [0, 0.05) is 26.1 Å². The van der Waals surface area contributed by atoms with Crippen molar-refractivity contribution in [2.75, 3.05) is 31.7 Å². The molecular weight excluding hydrogens is 218 g/mol. The Labute approximate surface area is 99.0 Å². The molecule has 3 heterocycles. The van der Waals surface area contributed by atoms with Gasteiger partial charge in [-0.2, -0.15) is 0 Å². The number of imidazole rings is 1. The second-order valence-electron chi connectivity index (χ2n) is 4.41. The van der Waals surface area contributed by atoms with E-state index in [4.69, 9.17) is 4.74 Å². The first-order valence-corrected chi connectivity index (χ1v) is 5.77. The van der Waals surface area contributed by atoms with Crippen molar-refractivity contribution < 1.29 is 4.74 Å². The summed E-state index contributed by atoms with van der Waals surface area (Å²) in [5.41, 5.74) is 1.61. The Morgan fingerprint density at radius 1 is 1.47 bits per heavy atom. The van der Waals surface area contributed by atoms with Crippen molar-refractivity contribution in [3.8, 4) is 0 Å². The maximum absolute atomic E-state index is 5.39. The monoisotopic (exact) mass is 233 g/mol. The molecule has 0 spiro atoms. The van der Waals surface area contributed by atoms with Crippen molar-refractivity contribution in [2.24, 2.45) is 5.92 Å². The van der Waals surface area contributed by atoms with Crippen molar-refractivity contribution in [3.05, 3.63) is 12.7 Å². The number of hydrogen-bond acceptors (Lipinski definition) is 5. The topological polar surface area (TPSA) is 66.9 Å². The summed E-state index contributed by atoms with van der Waals surface area (Å²) in [5.74, 6) is 1.49. The third-order valence-corrected chi connectivity index (χ3v) is 3.12. The highest BCUT2D eigenvalue weighted by molar-refractivity contribution is 5.82. The van der Waals surface area contributed by atoms with E-state index in [2.05, 4.69) is 24.8 Å². The van der Waals surface area contributed by atoms with Crippen LogP contribution in [0, 0.1) is 5.92 Å². The molecule has 6 heteroatoms. The summed E-state index contributed by atoms with van der Waals surface area (Å²) in [6, 6.07) is 0. The third-order valence-electron chi connectivity index (χ3n) is 3.12. The largest absolute Gasteiger partial charge is 0.381 e. The van der Waals surface area contributed by atoms with Crippen molar-refractivity contribution in [1.29, 1.82) is 0 Å². The average Bonchev–Trinajstić information content (AvgIpc) is 2.97. The van der Waals surface area contributed by atoms with E-state index in [1.807, 2.05) is 7.05 Å². The molecular formula is C11H15N5O. The van der Waals surface area contributed by atoms with Gasteiger partial charge < -0.3 is 14.6 Å². The van der Waals surface area contributed by atoms with Crippen LogP contribution in [0.3, 0.4) is 0 Å². The lowest BCUT2D eigenvalue weighted by Crippen LogP contribution is -2.26. The molecule has 0 unspecified atom stereocenters. The highest BCUT2D eigenvalue weighted by Crippen LogP contribution is 2.21. The molecule has 0 saturated carbocycles. The minimum absolute atomic E-state index is 0.591. The predicted octanol–water partition coefficient (Wildman–Crippen LogP) is 0.826. The smallest absolute Gasteiger partial charge is 0.182 e. The SMILES string of the molecule is CN(C[C@H]1CCOC1)c1ncnc2nc[nH]c12. The zero-order valence-electron chi connectivity index (χ0n) is 9.76. The van der Waals surface area contributed by atoms with Gasteiger partial charge >= 0.3 is 0 Å². The molecule has 17 heavy (non-hydrogen) atoms. The van der Waals surface area contributed by atoms with Gasteiger partial charge in [-0.05, 0) is 6.42 Å². The van der Waals surface area contributed by atoms with Crippen molar-refractivity contribution >= 4 is 17.0 Å². The fourth-order valence-electron chi connectivity index (χ4n) is 2.24. The van der Waals surface area contributed by atoms with E-state index < -0.39 is 0 Å². The highest BCUT2D eigenvalue weighted by atomic mass is 16.5. The van der Waals surface area contributed by atoms with Crippen LogP contribution in [0.25, 0.3) is 11.2 Å². The molecule has 0 radical (unpaired) electrons. The molecule has 2 aromatic heterocycles. The number of H-pyrrole nitrogens is 1. The number of rotatable bonds is 3. The second kappa shape index (κ2) is 4.29. The van der Waals surface area contributed by atoms with Crippen LogP contribution in [0.5, 0.6) is 0 Å². The Morgan fingerprint density at radius 3 is 3.24 bits per heavy atom. The molecule has 0 amide bonds. The number of anilines is 1. The minimum atomic E-state index is 0.591. The van der Waals surface area contributed by atoms with Crippen LogP contribution < -0.4 is 4.90 Å². The minimum Gasteiger partial charge on any atom is -0.381 e. The summed E-state index contributed by atoms with van der Waals surface area (Å²) in [6.07, 6.45) is 4.33. The number of fused-ring (bicyclic) bond motifs is 1. The predicted molar refractivity (Wildman–Crippen MR) is 63.9 cm³/mol. The number of hydrogen-bond donors (Lipinski definition) is 1. The van der Waals surface area contributed by atoms with E-state index in [0.29, 0.717) is 11.6 Å². The van der Waals surface area contributed by atoms with Crippen LogP contribution in [0.2, 0.25) is 0 Å².